The number of nitrogens with zero attached hydrogens (tertiary/aromatic N) is 4. The van der Waals surface area contributed by atoms with E-state index in [2.05, 4.69) is 4.98 Å². The molecule has 1 atom stereocenters. The van der Waals surface area contributed by atoms with E-state index < -0.39 is 10.0 Å². The highest BCUT2D eigenvalue weighted by Crippen LogP contribution is 2.35. The second-order valence-electron chi connectivity index (χ2n) is 9.14. The Bertz CT molecular complexity index is 1090. The molecule has 0 unspecified atom stereocenters. The van der Waals surface area contributed by atoms with Gasteiger partial charge >= 0.3 is 0 Å². The smallest absolute Gasteiger partial charge is 0.265 e. The summed E-state index contributed by atoms with van der Waals surface area (Å²) < 4.78 is 30.5. The molecular weight excluding hydrogens is 444 g/mol. The quantitative estimate of drug-likeness (QED) is 0.655. The van der Waals surface area contributed by atoms with Gasteiger partial charge in [-0.25, -0.2) is 13.4 Å². The van der Waals surface area contributed by atoms with Gasteiger partial charge in [-0.3, -0.25) is 4.79 Å². The Kier molecular flexibility index (Phi) is 6.79. The maximum absolute atomic E-state index is 13.5. The Balaban J connectivity index is 1.67. The molecule has 0 N–H and O–H groups in total. The number of sulfonamides is 1. The van der Waals surface area contributed by atoms with E-state index in [1.807, 2.05) is 37.3 Å². The molecule has 0 bridgehead atoms. The number of carbonyl (C=O) groups excluding carboxylic acids is 1. The summed E-state index contributed by atoms with van der Waals surface area (Å²) in [7, 11) is -1.71. The highest BCUT2D eigenvalue weighted by atomic mass is 32.2. The highest BCUT2D eigenvalue weighted by molar-refractivity contribution is 7.89. The first-order chi connectivity index (χ1) is 15.2. The van der Waals surface area contributed by atoms with Crippen molar-refractivity contribution in [1.29, 1.82) is 0 Å². The van der Waals surface area contributed by atoms with Crippen LogP contribution < -0.4 is 0 Å². The highest BCUT2D eigenvalue weighted by Gasteiger charge is 2.34. The number of amides is 1. The number of likely N-dealkylation sites (tertiary alicyclic amines) is 1. The van der Waals surface area contributed by atoms with Gasteiger partial charge in [0.25, 0.3) is 5.91 Å². The van der Waals surface area contributed by atoms with E-state index in [1.165, 1.54) is 24.2 Å². The molecule has 2 aliphatic heterocycles. The van der Waals surface area contributed by atoms with Gasteiger partial charge in [0.05, 0.1) is 11.4 Å². The van der Waals surface area contributed by atoms with Crippen molar-refractivity contribution in [3.05, 3.63) is 22.3 Å². The van der Waals surface area contributed by atoms with Crippen LogP contribution in [-0.4, -0.2) is 58.8 Å². The number of rotatable bonds is 4. The van der Waals surface area contributed by atoms with Gasteiger partial charge in [-0.2, -0.15) is 4.31 Å². The molecular formula is C23H34N4O3S2. The third kappa shape index (κ3) is 4.26. The number of hydrogen-bond acceptors (Lipinski definition) is 5. The molecule has 9 heteroatoms. The summed E-state index contributed by atoms with van der Waals surface area (Å²) in [6, 6.07) is 1.75. The first-order valence-corrected chi connectivity index (χ1v) is 13.9. The van der Waals surface area contributed by atoms with E-state index in [-0.39, 0.29) is 11.9 Å². The zero-order chi connectivity index (χ0) is 23.0. The third-order valence-electron chi connectivity index (χ3n) is 6.92. The fraction of sp³-hybridized carbons (Fsp3) is 0.652. The first-order valence-electron chi connectivity index (χ1n) is 11.7. The standard InChI is InChI=1S/C23H34N4O3S2/c1-16-11-7-10-14-27(16)32(29,30)20-15-19(25(4)18(20)3)22-24-17(2)21(31-22)23(28)26-12-8-5-6-9-13-26/h15-16H,5-14H2,1-4H3/t16-/m0/s1. The Morgan fingerprint density at radius 3 is 2.38 bits per heavy atom. The molecule has 0 aliphatic carbocycles. The lowest BCUT2D eigenvalue weighted by Gasteiger charge is -2.32. The van der Waals surface area contributed by atoms with E-state index in [4.69, 9.17) is 0 Å². The van der Waals surface area contributed by atoms with Crippen molar-refractivity contribution in [2.24, 2.45) is 7.05 Å². The largest absolute Gasteiger partial charge is 0.345 e. The minimum absolute atomic E-state index is 0.0109. The summed E-state index contributed by atoms with van der Waals surface area (Å²) >= 11 is 1.37. The van der Waals surface area contributed by atoms with Crippen LogP contribution in [0.4, 0.5) is 0 Å². The lowest BCUT2D eigenvalue weighted by atomic mass is 10.1. The average molecular weight is 479 g/mol. The van der Waals surface area contributed by atoms with E-state index in [1.54, 1.807) is 10.4 Å². The van der Waals surface area contributed by atoms with Crippen molar-refractivity contribution in [2.75, 3.05) is 19.6 Å². The van der Waals surface area contributed by atoms with Crippen LogP contribution in [0.3, 0.4) is 0 Å². The van der Waals surface area contributed by atoms with Crippen molar-refractivity contribution >= 4 is 27.3 Å². The molecule has 2 aromatic rings. The van der Waals surface area contributed by atoms with Crippen molar-refractivity contribution in [2.45, 2.75) is 76.7 Å². The van der Waals surface area contributed by atoms with E-state index in [0.717, 1.165) is 50.9 Å². The molecule has 4 rings (SSSR count). The van der Waals surface area contributed by atoms with Crippen LogP contribution in [0.25, 0.3) is 10.7 Å². The van der Waals surface area contributed by atoms with Gasteiger partial charge in [0.2, 0.25) is 10.0 Å². The monoisotopic (exact) mass is 478 g/mol. The molecule has 0 spiro atoms. The molecule has 2 fully saturated rings. The summed E-state index contributed by atoms with van der Waals surface area (Å²) in [5, 5.41) is 0.694. The van der Waals surface area contributed by atoms with E-state index >= 15 is 0 Å². The van der Waals surface area contributed by atoms with Gasteiger partial charge in [-0.05, 0) is 52.5 Å². The van der Waals surface area contributed by atoms with Crippen molar-refractivity contribution in [3.8, 4) is 10.7 Å². The van der Waals surface area contributed by atoms with Crippen molar-refractivity contribution < 1.29 is 13.2 Å². The van der Waals surface area contributed by atoms with Crippen molar-refractivity contribution in [1.82, 2.24) is 18.8 Å². The van der Waals surface area contributed by atoms with E-state index in [0.29, 0.717) is 32.7 Å². The molecule has 2 aromatic heterocycles. The van der Waals surface area contributed by atoms with Crippen LogP contribution in [0, 0.1) is 13.8 Å². The maximum Gasteiger partial charge on any atom is 0.265 e. The molecule has 0 aromatic carbocycles. The zero-order valence-corrected chi connectivity index (χ0v) is 21.2. The summed E-state index contributed by atoms with van der Waals surface area (Å²) in [5.41, 5.74) is 2.16. The number of thiazole rings is 1. The topological polar surface area (TPSA) is 75.5 Å². The van der Waals surface area contributed by atoms with Gasteiger partial charge in [0.1, 0.15) is 14.8 Å². The predicted octanol–water partition coefficient (Wildman–Crippen LogP) is 4.34. The molecule has 32 heavy (non-hydrogen) atoms. The SMILES string of the molecule is Cc1nc(-c2cc(S(=O)(=O)N3CCCC[C@@H]3C)c(C)n2C)sc1C(=O)N1CCCCCC1. The minimum Gasteiger partial charge on any atom is -0.345 e. The van der Waals surface area contributed by atoms with Crippen molar-refractivity contribution in [3.63, 3.8) is 0 Å². The van der Waals surface area contributed by atoms with E-state index in [9.17, 15) is 13.2 Å². The summed E-state index contributed by atoms with van der Waals surface area (Å²) in [6.45, 7) is 7.86. The van der Waals surface area contributed by atoms with Gasteiger partial charge in [0, 0.05) is 38.4 Å². The van der Waals surface area contributed by atoms with Gasteiger partial charge < -0.3 is 9.47 Å². The molecule has 2 saturated heterocycles. The second kappa shape index (κ2) is 9.27. The number of aromatic nitrogens is 2. The number of carbonyl (C=O) groups is 1. The van der Waals surface area contributed by atoms with Crippen LogP contribution in [0.5, 0.6) is 0 Å². The van der Waals surface area contributed by atoms with Crippen LogP contribution in [-0.2, 0) is 17.1 Å². The number of hydrogen-bond donors (Lipinski definition) is 0. The fourth-order valence-electron chi connectivity index (χ4n) is 4.81. The minimum atomic E-state index is -3.58. The lowest BCUT2D eigenvalue weighted by Crippen LogP contribution is -2.42. The molecule has 4 heterocycles. The van der Waals surface area contributed by atoms with Crippen LogP contribution >= 0.6 is 11.3 Å². The fourth-order valence-corrected chi connectivity index (χ4v) is 7.87. The van der Waals surface area contributed by atoms with Gasteiger partial charge in [-0.15, -0.1) is 11.3 Å². The molecule has 0 radical (unpaired) electrons. The summed E-state index contributed by atoms with van der Waals surface area (Å²) in [4.78, 5) is 20.8. The maximum atomic E-state index is 13.5. The second-order valence-corrected chi connectivity index (χ2v) is 12.0. The van der Waals surface area contributed by atoms with Crippen LogP contribution in [0.1, 0.15) is 72.9 Å². The van der Waals surface area contributed by atoms with Gasteiger partial charge in [-0.1, -0.05) is 19.3 Å². The summed E-state index contributed by atoms with van der Waals surface area (Å²) in [5.74, 6) is 0.0501. The Morgan fingerprint density at radius 1 is 1.06 bits per heavy atom. The zero-order valence-electron chi connectivity index (χ0n) is 19.6. The van der Waals surface area contributed by atoms with Crippen LogP contribution in [0.15, 0.2) is 11.0 Å². The molecule has 1 amide bonds. The number of piperidine rings is 1. The molecule has 2 aliphatic rings. The van der Waals surface area contributed by atoms with Crippen LogP contribution in [0.2, 0.25) is 0 Å². The number of aryl methyl sites for hydroxylation is 1. The molecule has 7 nitrogen and oxygen atoms in total. The molecule has 176 valence electrons. The average Bonchev–Trinajstić information content (AvgIpc) is 3.14. The Hall–Kier alpha value is -1.71. The third-order valence-corrected chi connectivity index (χ3v) is 10.2. The summed E-state index contributed by atoms with van der Waals surface area (Å²) in [6.07, 6.45) is 7.30. The Morgan fingerprint density at radius 2 is 1.72 bits per heavy atom. The normalized spacial score (nSPS) is 21.0. The molecule has 0 saturated carbocycles. The van der Waals surface area contributed by atoms with Gasteiger partial charge in [0.15, 0.2) is 0 Å². The predicted molar refractivity (Wildman–Crippen MR) is 128 cm³/mol. The first kappa shape index (κ1) is 23.4. The Labute approximate surface area is 195 Å². The lowest BCUT2D eigenvalue weighted by molar-refractivity contribution is 0.0765.